The van der Waals surface area contributed by atoms with Crippen molar-refractivity contribution in [3.63, 3.8) is 0 Å². The Hall–Kier alpha value is -13.8. The molecule has 0 atom stereocenters. The Bertz CT molecular complexity index is 6650. The van der Waals surface area contributed by atoms with Gasteiger partial charge in [-0.05, 0) is 110 Å². The number of pyridine rings is 9. The van der Waals surface area contributed by atoms with Gasteiger partial charge in [-0.15, -0.1) is 0 Å². The van der Waals surface area contributed by atoms with Crippen LogP contribution < -0.4 is 48.6 Å². The number of anilines is 6. The first-order valence-corrected chi connectivity index (χ1v) is 43.6. The van der Waals surface area contributed by atoms with E-state index in [0.29, 0.717) is 63.6 Å². The molecule has 0 radical (unpaired) electrons. The molecule has 135 heavy (non-hydrogen) atoms. The number of carbonyl (C=O) groups excluding carboxylic acids is 3. The average molecular weight is 1970 g/mol. The smallest absolute Gasteiger partial charge is 0.276 e. The highest BCUT2D eigenvalue weighted by molar-refractivity contribution is 6.43. The number of hydrogen-bond acceptors (Lipinski definition) is 21. The van der Waals surface area contributed by atoms with Gasteiger partial charge in [0.25, 0.3) is 16.7 Å². The maximum Gasteiger partial charge on any atom is 0.276 e. The van der Waals surface area contributed by atoms with Crippen molar-refractivity contribution in [3.05, 3.63) is 257 Å². The molecule has 12 heterocycles. The third-order valence-electron chi connectivity index (χ3n) is 23.2. The molecule has 3 aromatic carbocycles. The second-order valence-electron chi connectivity index (χ2n) is 32.2. The Balaban J connectivity index is 0.000000171. The zero-order chi connectivity index (χ0) is 98.7. The van der Waals surface area contributed by atoms with Crippen molar-refractivity contribution in [1.29, 1.82) is 15.8 Å². The number of carbonyl (C=O) groups is 3. The van der Waals surface area contributed by atoms with Gasteiger partial charge in [-0.1, -0.05) is 131 Å². The van der Waals surface area contributed by atoms with E-state index >= 15 is 8.78 Å². The number of hydrogen-bond donors (Lipinski definition) is 3. The molecule has 696 valence electrons. The lowest BCUT2D eigenvalue weighted by Gasteiger charge is -2.36. The summed E-state index contributed by atoms with van der Waals surface area (Å²) in [4.78, 5) is 117. The summed E-state index contributed by atoms with van der Waals surface area (Å²) in [5.74, 6) is -17.3. The molecular formula is C93H78Cl6F9N21O6. The van der Waals surface area contributed by atoms with E-state index in [1.165, 1.54) is 45.6 Å². The van der Waals surface area contributed by atoms with E-state index in [1.54, 1.807) is 82.1 Å². The maximum atomic E-state index is 15.3. The van der Waals surface area contributed by atoms with E-state index in [9.17, 15) is 75.3 Å². The Morgan fingerprint density at radius 3 is 0.933 bits per heavy atom. The van der Waals surface area contributed by atoms with Gasteiger partial charge in [-0.2, -0.15) is 15.8 Å². The highest BCUT2D eigenvalue weighted by Gasteiger charge is 2.38. The van der Waals surface area contributed by atoms with Crippen LogP contribution in [0.25, 0.3) is 83.9 Å². The second-order valence-corrected chi connectivity index (χ2v) is 34.6. The van der Waals surface area contributed by atoms with E-state index < -0.39 is 124 Å². The molecule has 9 aromatic heterocycles. The lowest BCUT2D eigenvalue weighted by molar-refractivity contribution is -0.127. The van der Waals surface area contributed by atoms with Crippen molar-refractivity contribution in [2.75, 3.05) is 110 Å². The summed E-state index contributed by atoms with van der Waals surface area (Å²) in [7, 11) is 0. The molecule has 12 aromatic rings. The summed E-state index contributed by atoms with van der Waals surface area (Å²) in [6.07, 6.45) is 8.37. The van der Waals surface area contributed by atoms with Crippen LogP contribution in [0.3, 0.4) is 0 Å². The molecule has 3 amide bonds. The van der Waals surface area contributed by atoms with Gasteiger partial charge in [0.05, 0.1) is 122 Å². The number of fused-ring (bicyclic) bond motifs is 3. The lowest BCUT2D eigenvalue weighted by atomic mass is 10.0. The number of nitrogens with two attached hydrogens (primary N) is 3. The Morgan fingerprint density at radius 2 is 0.644 bits per heavy atom. The number of halogens is 15. The Kier molecular flexibility index (Phi) is 28.8. The first-order valence-electron chi connectivity index (χ1n) is 41.3. The Labute approximate surface area is 794 Å². The zero-order valence-electron chi connectivity index (χ0n) is 73.2. The van der Waals surface area contributed by atoms with Crippen LogP contribution in [0.15, 0.2) is 107 Å². The van der Waals surface area contributed by atoms with Crippen LogP contribution in [0.5, 0.6) is 0 Å². The van der Waals surface area contributed by atoms with Crippen molar-refractivity contribution in [2.24, 2.45) is 0 Å². The molecule has 6 N–H and O–H groups in total. The van der Waals surface area contributed by atoms with Crippen molar-refractivity contribution >= 4 is 155 Å². The fourth-order valence-electron chi connectivity index (χ4n) is 16.6. The normalized spacial score (nSPS) is 13.4. The third kappa shape index (κ3) is 17.5. The number of amides is 3. The molecule has 0 spiro atoms. The third-order valence-corrected chi connectivity index (χ3v) is 25.2. The van der Waals surface area contributed by atoms with Crippen molar-refractivity contribution in [1.82, 2.24) is 58.3 Å². The predicted octanol–water partition coefficient (Wildman–Crippen LogP) is 17.7. The van der Waals surface area contributed by atoms with Gasteiger partial charge in [-0.3, -0.25) is 57.4 Å². The molecule has 0 bridgehead atoms. The molecule has 3 fully saturated rings. The van der Waals surface area contributed by atoms with E-state index in [0.717, 1.165) is 4.57 Å². The minimum atomic E-state index is -2.12. The number of nitriles is 3. The maximum absolute atomic E-state index is 15.3. The summed E-state index contributed by atoms with van der Waals surface area (Å²) >= 11 is 38.5. The molecule has 15 rings (SSSR count). The van der Waals surface area contributed by atoms with Crippen LogP contribution in [0.4, 0.5) is 73.6 Å². The fraction of sp³-hybridized carbons (Fsp3) is 0.258. The van der Waals surface area contributed by atoms with Gasteiger partial charge in [0.2, 0.25) is 17.7 Å². The number of aromatic nitrogens is 9. The van der Waals surface area contributed by atoms with Crippen molar-refractivity contribution < 1.29 is 53.9 Å². The van der Waals surface area contributed by atoms with Crippen molar-refractivity contribution in [3.8, 4) is 69.0 Å². The summed E-state index contributed by atoms with van der Waals surface area (Å²) in [6.45, 7) is 30.2. The number of aryl methyl sites for hydroxylation is 3. The summed E-state index contributed by atoms with van der Waals surface area (Å²) in [6, 6.07) is 15.3. The van der Waals surface area contributed by atoms with Crippen LogP contribution in [0.1, 0.15) is 110 Å². The first-order chi connectivity index (χ1) is 64.0. The van der Waals surface area contributed by atoms with Gasteiger partial charge >= 0.3 is 0 Å². The molecule has 3 saturated heterocycles. The highest BCUT2D eigenvalue weighted by Crippen LogP contribution is 2.49. The standard InChI is InChI=1S/C31H26Cl3F2N7O2.C31H26Cl2F3N7O2.C31H26ClF4N7O2/c1-5-19(44)41-8-10-42(11-9-41)29-16-12-18(32)27(20-21(33)23(35)24(36)25(38)22(20)34)40-30(16)43(31(45)17(29)13-37)28-15(4)6-7-39-26(28)14(2)3;1-5-19(44)41-8-10-42(11-9-41)29-16-12-18(32)27(20-22(34)24(36)23(35)21(33)25(20)38)40-30(16)43(31(45)17(29)13-37)28-15(4)6-7-39-26(28)14(2)3;1-5-19(44)41-8-10-42(11-9-41)29-16-12-18(32)27(20-21(33)22(34)23(35)24(36)25(20)38)40-30(16)43(31(45)17(29)13-37)28-15(4)6-7-39-26(28)14(2)3/h3*5-7,12,14H,1,8-11,38H2,2-4H3. The fourth-order valence-corrected chi connectivity index (χ4v) is 18.0. The molecule has 0 saturated carbocycles. The topological polar surface area (TPSA) is 363 Å². The summed E-state index contributed by atoms with van der Waals surface area (Å²) in [5.41, 5.74) is 13.9. The number of nitrogens with zero attached hydrogens (tertiary/aromatic N) is 18. The highest BCUT2D eigenvalue weighted by atomic mass is 35.5. The lowest BCUT2D eigenvalue weighted by Crippen LogP contribution is -2.49. The van der Waals surface area contributed by atoms with E-state index in [-0.39, 0.29) is 194 Å². The van der Waals surface area contributed by atoms with Gasteiger partial charge in [-0.25, -0.2) is 54.5 Å². The number of benzene rings is 3. The minimum Gasteiger partial charge on any atom is -0.397 e. The minimum absolute atomic E-state index is 0.0337. The van der Waals surface area contributed by atoms with Crippen LogP contribution >= 0.6 is 69.6 Å². The van der Waals surface area contributed by atoms with Crippen LogP contribution in [-0.2, 0) is 14.4 Å². The van der Waals surface area contributed by atoms with Gasteiger partial charge in [0.15, 0.2) is 52.4 Å². The largest absolute Gasteiger partial charge is 0.397 e. The predicted molar refractivity (Wildman–Crippen MR) is 502 cm³/mol. The first kappa shape index (κ1) is 98.7. The van der Waals surface area contributed by atoms with Gasteiger partial charge < -0.3 is 46.6 Å². The van der Waals surface area contributed by atoms with E-state index in [4.69, 9.17) is 91.8 Å². The number of nitrogen functional groups attached to an aromatic ring is 3. The molecule has 27 nitrogen and oxygen atoms in total. The quantitative estimate of drug-likeness (QED) is 0.0282. The van der Waals surface area contributed by atoms with Crippen LogP contribution in [0, 0.1) is 107 Å². The zero-order valence-corrected chi connectivity index (χ0v) is 77.7. The molecular weight excluding hydrogens is 1890 g/mol. The molecule has 3 aliphatic heterocycles. The van der Waals surface area contributed by atoms with Gasteiger partial charge in [0, 0.05) is 119 Å². The average Bonchev–Trinajstić information content (AvgIpc) is 0.728. The molecule has 0 unspecified atom stereocenters. The summed E-state index contributed by atoms with van der Waals surface area (Å²) in [5, 5.41) is 29.1. The SMILES string of the molecule is C=CC(=O)N1CCN(c2c(C#N)c(=O)n(-c3c(C)ccnc3C(C)C)c3nc(-c4c(Cl)c(N)c(F)c(F)c4Cl)c(Cl)cc23)CC1.C=CC(=O)N1CCN(c2c(C#N)c(=O)n(-c3c(C)ccnc3C(C)C)c3nc(-c4c(N)c(Cl)c(F)c(F)c4F)c(Cl)cc23)CC1.C=CC(=O)N1CCN(c2c(C#N)c(=O)n(-c3c(C)ccnc3C(C)C)c3nc(-c4c(N)c(F)c(F)c(F)c4F)c(Cl)cc23)CC1. The molecule has 3 aliphatic rings. The van der Waals surface area contributed by atoms with Crippen LogP contribution in [0.2, 0.25) is 30.1 Å². The molecule has 42 heteroatoms. The molecule has 0 aliphatic carbocycles. The monoisotopic (exact) mass is 1970 g/mol. The number of piperazine rings is 3. The second kappa shape index (κ2) is 39.4. The van der Waals surface area contributed by atoms with E-state index in [2.05, 4.69) is 50.7 Å². The van der Waals surface area contributed by atoms with E-state index in [1.807, 2.05) is 58.6 Å². The summed E-state index contributed by atoms with van der Waals surface area (Å²) < 4.78 is 135. The number of rotatable bonds is 15. The van der Waals surface area contributed by atoms with Crippen molar-refractivity contribution in [2.45, 2.75) is 80.1 Å². The van der Waals surface area contributed by atoms with Gasteiger partial charge in [0.1, 0.15) is 56.9 Å². The Morgan fingerprint density at radius 1 is 0.378 bits per heavy atom. The van der Waals surface area contributed by atoms with Crippen LogP contribution in [-0.4, -0.2) is 155 Å².